The van der Waals surface area contributed by atoms with E-state index in [9.17, 15) is 8.42 Å². The molecular weight excluding hydrogens is 302 g/mol. The van der Waals surface area contributed by atoms with Crippen LogP contribution in [0.2, 0.25) is 0 Å². The lowest BCUT2D eigenvalue weighted by atomic mass is 10.0. The van der Waals surface area contributed by atoms with E-state index < -0.39 is 10.0 Å². The Bertz CT molecular complexity index is 600. The van der Waals surface area contributed by atoms with Gasteiger partial charge in [-0.05, 0) is 44.7 Å². The van der Waals surface area contributed by atoms with Gasteiger partial charge in [-0.15, -0.1) is 0 Å². The average Bonchev–Trinajstić information content (AvgIpc) is 2.49. The first-order chi connectivity index (χ1) is 10.5. The largest absolute Gasteiger partial charge is 0.494 e. The summed E-state index contributed by atoms with van der Waals surface area (Å²) < 4.78 is 38.5. The Hall–Kier alpha value is -1.27. The van der Waals surface area contributed by atoms with E-state index in [1.807, 2.05) is 13.8 Å². The first-order valence-electron chi connectivity index (χ1n) is 7.88. The van der Waals surface area contributed by atoms with Crippen molar-refractivity contribution in [3.05, 3.63) is 18.2 Å². The van der Waals surface area contributed by atoms with Crippen LogP contribution in [0, 0.1) is 5.92 Å². The lowest BCUT2D eigenvalue weighted by Crippen LogP contribution is -2.39. The fraction of sp³-hybridized carbons (Fsp3) is 0.625. The van der Waals surface area contributed by atoms with Crippen LogP contribution in [0.1, 0.15) is 33.6 Å². The minimum Gasteiger partial charge on any atom is -0.494 e. The average molecular weight is 327 g/mol. The summed E-state index contributed by atoms with van der Waals surface area (Å²) in [5, 5.41) is 0. The summed E-state index contributed by atoms with van der Waals surface area (Å²) in [5.74, 6) is 1.33. The first kappa shape index (κ1) is 17.1. The van der Waals surface area contributed by atoms with E-state index in [0.717, 1.165) is 12.8 Å². The number of piperidine rings is 1. The molecule has 1 aliphatic rings. The van der Waals surface area contributed by atoms with Gasteiger partial charge in [0, 0.05) is 19.2 Å². The zero-order chi connectivity index (χ0) is 16.2. The lowest BCUT2D eigenvalue weighted by molar-refractivity contribution is 0.278. The van der Waals surface area contributed by atoms with Crippen LogP contribution in [0.15, 0.2) is 23.1 Å². The van der Waals surface area contributed by atoms with Gasteiger partial charge in [0.1, 0.15) is 16.4 Å². The van der Waals surface area contributed by atoms with Gasteiger partial charge in [-0.2, -0.15) is 4.31 Å². The van der Waals surface area contributed by atoms with E-state index in [-0.39, 0.29) is 4.90 Å². The highest BCUT2D eigenvalue weighted by Crippen LogP contribution is 2.32. The van der Waals surface area contributed by atoms with Crippen LogP contribution in [-0.4, -0.2) is 39.0 Å². The minimum absolute atomic E-state index is 0.203. The Morgan fingerprint density at radius 3 is 2.59 bits per heavy atom. The summed E-state index contributed by atoms with van der Waals surface area (Å²) in [6.45, 7) is 7.85. The molecule has 1 aromatic rings. The smallest absolute Gasteiger partial charge is 0.246 e. The van der Waals surface area contributed by atoms with E-state index >= 15 is 0 Å². The maximum Gasteiger partial charge on any atom is 0.246 e. The molecule has 0 aromatic heterocycles. The number of hydrogen-bond acceptors (Lipinski definition) is 4. The Balaban J connectivity index is 2.40. The van der Waals surface area contributed by atoms with Crippen LogP contribution in [-0.2, 0) is 10.0 Å². The van der Waals surface area contributed by atoms with Gasteiger partial charge < -0.3 is 9.47 Å². The molecule has 0 unspecified atom stereocenters. The van der Waals surface area contributed by atoms with Crippen molar-refractivity contribution in [3.8, 4) is 11.5 Å². The number of hydrogen-bond donors (Lipinski definition) is 0. The fourth-order valence-electron chi connectivity index (χ4n) is 2.72. The predicted molar refractivity (Wildman–Crippen MR) is 85.9 cm³/mol. The van der Waals surface area contributed by atoms with Gasteiger partial charge in [-0.1, -0.05) is 6.92 Å². The van der Waals surface area contributed by atoms with Gasteiger partial charge in [0.05, 0.1) is 13.2 Å². The second-order valence-electron chi connectivity index (χ2n) is 5.59. The van der Waals surface area contributed by atoms with Crippen molar-refractivity contribution in [1.29, 1.82) is 0 Å². The molecular formula is C16H25NO4S. The van der Waals surface area contributed by atoms with Crippen LogP contribution in [0.4, 0.5) is 0 Å². The molecule has 1 aliphatic heterocycles. The van der Waals surface area contributed by atoms with E-state index in [0.29, 0.717) is 43.7 Å². The van der Waals surface area contributed by atoms with Crippen molar-refractivity contribution in [2.45, 2.75) is 38.5 Å². The van der Waals surface area contributed by atoms with Gasteiger partial charge in [0.15, 0.2) is 0 Å². The number of benzene rings is 1. The summed E-state index contributed by atoms with van der Waals surface area (Å²) in [5.41, 5.74) is 0. The second kappa shape index (κ2) is 7.33. The molecule has 0 radical (unpaired) electrons. The molecule has 1 fully saturated rings. The van der Waals surface area contributed by atoms with Crippen molar-refractivity contribution in [2.75, 3.05) is 26.3 Å². The zero-order valence-electron chi connectivity index (χ0n) is 13.5. The quantitative estimate of drug-likeness (QED) is 0.806. The van der Waals surface area contributed by atoms with Gasteiger partial charge in [-0.25, -0.2) is 8.42 Å². The molecule has 1 atom stereocenters. The zero-order valence-corrected chi connectivity index (χ0v) is 14.4. The lowest BCUT2D eigenvalue weighted by Gasteiger charge is -2.30. The standard InChI is InChI=1S/C16H25NO4S/c1-4-20-14-8-9-15(21-5-2)16(11-14)22(18,19)17-10-6-7-13(3)12-17/h8-9,11,13H,4-7,10,12H2,1-3H3/t13-/m0/s1. The molecule has 0 N–H and O–H groups in total. The maximum atomic E-state index is 13.0. The molecule has 0 spiro atoms. The Morgan fingerprint density at radius 2 is 1.95 bits per heavy atom. The molecule has 0 bridgehead atoms. The molecule has 1 heterocycles. The van der Waals surface area contributed by atoms with Crippen molar-refractivity contribution in [1.82, 2.24) is 4.31 Å². The molecule has 0 saturated carbocycles. The van der Waals surface area contributed by atoms with Crippen molar-refractivity contribution < 1.29 is 17.9 Å². The molecule has 1 saturated heterocycles. The first-order valence-corrected chi connectivity index (χ1v) is 9.32. The van der Waals surface area contributed by atoms with Crippen LogP contribution in [0.25, 0.3) is 0 Å². The highest BCUT2D eigenvalue weighted by molar-refractivity contribution is 7.89. The van der Waals surface area contributed by atoms with Crippen LogP contribution in [0.3, 0.4) is 0 Å². The van der Waals surface area contributed by atoms with Gasteiger partial charge >= 0.3 is 0 Å². The predicted octanol–water partition coefficient (Wildman–Crippen LogP) is 2.90. The van der Waals surface area contributed by atoms with Gasteiger partial charge in [0.25, 0.3) is 0 Å². The van der Waals surface area contributed by atoms with E-state index in [2.05, 4.69) is 6.92 Å². The van der Waals surface area contributed by atoms with Crippen molar-refractivity contribution >= 4 is 10.0 Å². The Morgan fingerprint density at radius 1 is 1.23 bits per heavy atom. The van der Waals surface area contributed by atoms with E-state index in [1.165, 1.54) is 0 Å². The summed E-state index contributed by atoms with van der Waals surface area (Å²) in [4.78, 5) is 0.203. The summed E-state index contributed by atoms with van der Waals surface area (Å²) in [6.07, 6.45) is 1.97. The Kier molecular flexibility index (Phi) is 5.69. The third-order valence-corrected chi connectivity index (χ3v) is 5.65. The highest BCUT2D eigenvalue weighted by Gasteiger charge is 2.31. The number of nitrogens with zero attached hydrogens (tertiary/aromatic N) is 1. The van der Waals surface area contributed by atoms with E-state index in [1.54, 1.807) is 22.5 Å². The molecule has 6 heteroatoms. The van der Waals surface area contributed by atoms with Crippen LogP contribution >= 0.6 is 0 Å². The maximum absolute atomic E-state index is 13.0. The van der Waals surface area contributed by atoms with Crippen LogP contribution in [0.5, 0.6) is 11.5 Å². The van der Waals surface area contributed by atoms with E-state index in [4.69, 9.17) is 9.47 Å². The molecule has 2 rings (SSSR count). The topological polar surface area (TPSA) is 55.8 Å². The van der Waals surface area contributed by atoms with Gasteiger partial charge in [0.2, 0.25) is 10.0 Å². The van der Waals surface area contributed by atoms with Crippen molar-refractivity contribution in [3.63, 3.8) is 0 Å². The second-order valence-corrected chi connectivity index (χ2v) is 7.49. The van der Waals surface area contributed by atoms with Gasteiger partial charge in [-0.3, -0.25) is 0 Å². The third kappa shape index (κ3) is 3.73. The number of rotatable bonds is 6. The summed E-state index contributed by atoms with van der Waals surface area (Å²) in [6, 6.07) is 4.99. The SMILES string of the molecule is CCOc1ccc(OCC)c(S(=O)(=O)N2CCC[C@H](C)C2)c1. The molecule has 0 amide bonds. The van der Waals surface area contributed by atoms with Crippen molar-refractivity contribution in [2.24, 2.45) is 5.92 Å². The minimum atomic E-state index is -3.56. The normalized spacial score (nSPS) is 19.9. The number of sulfonamides is 1. The molecule has 0 aliphatic carbocycles. The molecule has 22 heavy (non-hydrogen) atoms. The molecule has 1 aromatic carbocycles. The molecule has 124 valence electrons. The summed E-state index contributed by atoms with van der Waals surface area (Å²) >= 11 is 0. The number of ether oxygens (including phenoxy) is 2. The monoisotopic (exact) mass is 327 g/mol. The highest BCUT2D eigenvalue weighted by atomic mass is 32.2. The fourth-order valence-corrected chi connectivity index (χ4v) is 4.47. The summed E-state index contributed by atoms with van der Waals surface area (Å²) in [7, 11) is -3.56. The third-order valence-electron chi connectivity index (χ3n) is 3.76. The van der Waals surface area contributed by atoms with Crippen LogP contribution < -0.4 is 9.47 Å². The Labute approximate surface area is 133 Å². The molecule has 5 nitrogen and oxygen atoms in total.